The summed E-state index contributed by atoms with van der Waals surface area (Å²) in [4.78, 5) is 24.6. The third kappa shape index (κ3) is 3.04. The first-order chi connectivity index (χ1) is 11.1. The predicted octanol–water partition coefficient (Wildman–Crippen LogP) is 1.42. The highest BCUT2D eigenvalue weighted by atomic mass is 16.5. The number of nitrogens with zero attached hydrogens (tertiary/aromatic N) is 3. The molecule has 0 spiro atoms. The molecule has 1 N–H and O–H groups in total. The molecule has 2 aromatic rings. The Balaban J connectivity index is 1.76. The third-order valence-electron chi connectivity index (χ3n) is 4.38. The largest absolute Gasteiger partial charge is 0.467 e. The Morgan fingerprint density at radius 3 is 2.74 bits per heavy atom. The fourth-order valence-electron chi connectivity index (χ4n) is 3.21. The van der Waals surface area contributed by atoms with Crippen LogP contribution in [-0.2, 0) is 20.9 Å². The average Bonchev–Trinajstić information content (AvgIpc) is 2.98. The number of hydrogen-bond acceptors (Lipinski definition) is 5. The van der Waals surface area contributed by atoms with Gasteiger partial charge in [0.2, 0.25) is 5.91 Å². The number of ether oxygens (including phenoxy) is 1. The van der Waals surface area contributed by atoms with Crippen LogP contribution in [0.2, 0.25) is 0 Å². The summed E-state index contributed by atoms with van der Waals surface area (Å²) in [6.45, 7) is 0.0270. The molecule has 1 heterocycles. The SMILES string of the molecule is COC(=O)C1(NC(=O)Cn2nnc3ccccc32)CCCCC1. The summed E-state index contributed by atoms with van der Waals surface area (Å²) in [6, 6.07) is 7.44. The van der Waals surface area contributed by atoms with Gasteiger partial charge in [0.25, 0.3) is 0 Å². The van der Waals surface area contributed by atoms with Crippen LogP contribution in [0.3, 0.4) is 0 Å². The van der Waals surface area contributed by atoms with Gasteiger partial charge < -0.3 is 10.1 Å². The van der Waals surface area contributed by atoms with Gasteiger partial charge in [0.15, 0.2) is 0 Å². The molecular weight excluding hydrogens is 296 g/mol. The molecular formula is C16H20N4O3. The number of hydrogen-bond donors (Lipinski definition) is 1. The minimum Gasteiger partial charge on any atom is -0.467 e. The molecule has 0 unspecified atom stereocenters. The van der Waals surface area contributed by atoms with Gasteiger partial charge in [0.1, 0.15) is 17.6 Å². The van der Waals surface area contributed by atoms with Gasteiger partial charge in [-0.25, -0.2) is 9.48 Å². The molecule has 0 atom stereocenters. The van der Waals surface area contributed by atoms with Crippen LogP contribution < -0.4 is 5.32 Å². The van der Waals surface area contributed by atoms with Gasteiger partial charge in [-0.3, -0.25) is 4.79 Å². The van der Waals surface area contributed by atoms with Gasteiger partial charge in [0.05, 0.1) is 12.6 Å². The molecule has 23 heavy (non-hydrogen) atoms. The van der Waals surface area contributed by atoms with Crippen molar-refractivity contribution in [2.75, 3.05) is 7.11 Å². The van der Waals surface area contributed by atoms with Gasteiger partial charge in [-0.05, 0) is 25.0 Å². The van der Waals surface area contributed by atoms with Gasteiger partial charge >= 0.3 is 5.97 Å². The van der Waals surface area contributed by atoms with E-state index in [1.54, 1.807) is 4.68 Å². The van der Waals surface area contributed by atoms with Crippen molar-refractivity contribution in [3.05, 3.63) is 24.3 Å². The van der Waals surface area contributed by atoms with Crippen molar-refractivity contribution in [3.63, 3.8) is 0 Å². The summed E-state index contributed by atoms with van der Waals surface area (Å²) in [6.07, 6.45) is 4.11. The zero-order valence-electron chi connectivity index (χ0n) is 13.1. The lowest BCUT2D eigenvalue weighted by atomic mass is 9.81. The van der Waals surface area contributed by atoms with Crippen LogP contribution in [-0.4, -0.2) is 39.5 Å². The Bertz CT molecular complexity index is 719. The summed E-state index contributed by atoms with van der Waals surface area (Å²) in [5.41, 5.74) is 0.625. The van der Waals surface area contributed by atoms with E-state index in [2.05, 4.69) is 15.6 Å². The van der Waals surface area contributed by atoms with Crippen LogP contribution in [0.15, 0.2) is 24.3 Å². The van der Waals surface area contributed by atoms with Gasteiger partial charge in [-0.15, -0.1) is 5.10 Å². The number of fused-ring (bicyclic) bond motifs is 1. The van der Waals surface area contributed by atoms with E-state index in [9.17, 15) is 9.59 Å². The van der Waals surface area contributed by atoms with E-state index in [1.807, 2.05) is 24.3 Å². The average molecular weight is 316 g/mol. The van der Waals surface area contributed by atoms with E-state index in [4.69, 9.17) is 4.74 Å². The highest BCUT2D eigenvalue weighted by Gasteiger charge is 2.41. The molecule has 1 aromatic heterocycles. The minimum atomic E-state index is -0.902. The maximum Gasteiger partial charge on any atom is 0.331 e. The molecule has 1 amide bonds. The molecule has 7 heteroatoms. The number of rotatable bonds is 4. The molecule has 1 aliphatic carbocycles. The smallest absolute Gasteiger partial charge is 0.331 e. The first-order valence-corrected chi connectivity index (χ1v) is 7.82. The van der Waals surface area contributed by atoms with E-state index < -0.39 is 5.54 Å². The first kappa shape index (κ1) is 15.5. The Morgan fingerprint density at radius 2 is 2.00 bits per heavy atom. The van der Waals surface area contributed by atoms with Crippen LogP contribution in [0.5, 0.6) is 0 Å². The lowest BCUT2D eigenvalue weighted by Gasteiger charge is -2.35. The van der Waals surface area contributed by atoms with E-state index in [-0.39, 0.29) is 18.4 Å². The van der Waals surface area contributed by atoms with Crippen molar-refractivity contribution >= 4 is 22.9 Å². The quantitative estimate of drug-likeness (QED) is 0.862. The van der Waals surface area contributed by atoms with Gasteiger partial charge in [-0.2, -0.15) is 0 Å². The summed E-state index contributed by atoms with van der Waals surface area (Å²) in [7, 11) is 1.36. The fraction of sp³-hybridized carbons (Fsp3) is 0.500. The zero-order chi connectivity index (χ0) is 16.3. The normalized spacial score (nSPS) is 16.9. The highest BCUT2D eigenvalue weighted by molar-refractivity contribution is 5.88. The molecule has 0 radical (unpaired) electrons. The summed E-state index contributed by atoms with van der Waals surface area (Å²) in [5, 5.41) is 10.9. The van der Waals surface area contributed by atoms with Gasteiger partial charge in [-0.1, -0.05) is 36.6 Å². The summed E-state index contributed by atoms with van der Waals surface area (Å²) >= 11 is 0. The van der Waals surface area contributed by atoms with Crippen molar-refractivity contribution < 1.29 is 14.3 Å². The predicted molar refractivity (Wildman–Crippen MR) is 83.5 cm³/mol. The standard InChI is InChI=1S/C16H20N4O3/c1-23-15(22)16(9-5-2-6-10-16)17-14(21)11-20-13-8-4-3-7-12(13)18-19-20/h3-4,7-8H,2,5-6,9-11H2,1H3,(H,17,21). The molecule has 0 aliphatic heterocycles. The molecule has 3 rings (SSSR count). The molecule has 1 aliphatic rings. The number of para-hydroxylation sites is 1. The zero-order valence-corrected chi connectivity index (χ0v) is 13.1. The number of esters is 1. The van der Waals surface area contributed by atoms with E-state index in [0.29, 0.717) is 12.8 Å². The fourth-order valence-corrected chi connectivity index (χ4v) is 3.21. The molecule has 1 aromatic carbocycles. The topological polar surface area (TPSA) is 86.1 Å². The lowest BCUT2D eigenvalue weighted by molar-refractivity contribution is -0.152. The van der Waals surface area contributed by atoms with Crippen molar-refractivity contribution in [1.29, 1.82) is 0 Å². The number of carbonyl (C=O) groups excluding carboxylic acids is 2. The third-order valence-corrected chi connectivity index (χ3v) is 4.38. The maximum absolute atomic E-state index is 12.4. The second-order valence-electron chi connectivity index (χ2n) is 5.92. The van der Waals surface area contributed by atoms with E-state index in [1.165, 1.54) is 7.11 Å². The van der Waals surface area contributed by atoms with Crippen LogP contribution >= 0.6 is 0 Å². The van der Waals surface area contributed by atoms with Crippen LogP contribution in [0, 0.1) is 0 Å². The van der Waals surface area contributed by atoms with Crippen LogP contribution in [0.1, 0.15) is 32.1 Å². The Morgan fingerprint density at radius 1 is 1.26 bits per heavy atom. The number of carbonyl (C=O) groups is 2. The molecule has 122 valence electrons. The molecule has 0 bridgehead atoms. The van der Waals surface area contributed by atoms with Crippen LogP contribution in [0.25, 0.3) is 11.0 Å². The van der Waals surface area contributed by atoms with Crippen molar-refractivity contribution in [3.8, 4) is 0 Å². The summed E-state index contributed by atoms with van der Waals surface area (Å²) < 4.78 is 6.45. The molecule has 7 nitrogen and oxygen atoms in total. The van der Waals surface area contributed by atoms with E-state index in [0.717, 1.165) is 30.3 Å². The number of benzene rings is 1. The molecule has 0 saturated heterocycles. The van der Waals surface area contributed by atoms with Gasteiger partial charge in [0, 0.05) is 0 Å². The van der Waals surface area contributed by atoms with E-state index >= 15 is 0 Å². The lowest BCUT2D eigenvalue weighted by Crippen LogP contribution is -2.56. The monoisotopic (exact) mass is 316 g/mol. The number of nitrogens with one attached hydrogen (secondary N) is 1. The second-order valence-corrected chi connectivity index (χ2v) is 5.92. The number of methoxy groups -OCH3 is 1. The highest BCUT2D eigenvalue weighted by Crippen LogP contribution is 2.29. The molecule has 1 fully saturated rings. The maximum atomic E-state index is 12.4. The van der Waals surface area contributed by atoms with Crippen molar-refractivity contribution in [2.24, 2.45) is 0 Å². The Kier molecular flexibility index (Phi) is 4.27. The van der Waals surface area contributed by atoms with Crippen LogP contribution in [0.4, 0.5) is 0 Å². The Labute approximate surface area is 134 Å². The molecule has 1 saturated carbocycles. The van der Waals surface area contributed by atoms with Crippen molar-refractivity contribution in [2.45, 2.75) is 44.2 Å². The Hall–Kier alpha value is -2.44. The minimum absolute atomic E-state index is 0.0270. The summed E-state index contributed by atoms with van der Waals surface area (Å²) in [5.74, 6) is -0.623. The number of amides is 1. The number of aromatic nitrogens is 3. The second kappa shape index (κ2) is 6.36. The van der Waals surface area contributed by atoms with Crippen molar-refractivity contribution in [1.82, 2.24) is 20.3 Å². The first-order valence-electron chi connectivity index (χ1n) is 7.82.